The number of phenols is 1. The summed E-state index contributed by atoms with van der Waals surface area (Å²) >= 11 is 16.8. The monoisotopic (exact) mass is 294 g/mol. The Bertz CT molecular complexity index is 424. The number of phenolic OH excluding ortho intramolecular Hbond substituents is 1. The smallest absolute Gasteiger partial charge is 0.137 e. The first kappa shape index (κ1) is 14.5. The molecule has 0 saturated heterocycles. The van der Waals surface area contributed by atoms with E-state index in [1.807, 2.05) is 13.8 Å². The zero-order chi connectivity index (χ0) is 13.0. The molecule has 5 heteroatoms. The maximum atomic E-state index is 9.76. The van der Waals surface area contributed by atoms with Crippen molar-refractivity contribution in [1.82, 2.24) is 0 Å². The molecule has 1 N–H and O–H groups in total. The third-order valence-corrected chi connectivity index (χ3v) is 2.77. The lowest BCUT2D eigenvalue weighted by Crippen LogP contribution is -1.96. The zero-order valence-corrected chi connectivity index (χ0v) is 11.8. The van der Waals surface area contributed by atoms with Crippen molar-refractivity contribution >= 4 is 34.8 Å². The molecule has 17 heavy (non-hydrogen) atoms. The molecule has 0 aliphatic carbocycles. The van der Waals surface area contributed by atoms with E-state index in [-0.39, 0.29) is 27.8 Å². The van der Waals surface area contributed by atoms with Gasteiger partial charge in [-0.2, -0.15) is 0 Å². The van der Waals surface area contributed by atoms with E-state index in [2.05, 4.69) is 0 Å². The Morgan fingerprint density at radius 2 is 2.06 bits per heavy atom. The van der Waals surface area contributed by atoms with Crippen LogP contribution < -0.4 is 4.74 Å². The van der Waals surface area contributed by atoms with E-state index in [0.717, 1.165) is 5.56 Å². The van der Waals surface area contributed by atoms with E-state index in [9.17, 15) is 5.11 Å². The van der Waals surface area contributed by atoms with E-state index in [4.69, 9.17) is 39.5 Å². The predicted octanol–water partition coefficient (Wildman–Crippen LogP) is 4.87. The normalized spacial score (nSPS) is 10.5. The standard InChI is InChI=1S/C12H13Cl3O2/c1-7(2)9-5-8(6-10(13)12(9)16)17-4-3-11(14)15/h3,5-7,16H,4H2,1-2H3. The fourth-order valence-corrected chi connectivity index (χ4v) is 1.66. The number of halogens is 3. The molecular formula is C12H13Cl3O2. The molecule has 0 unspecified atom stereocenters. The molecule has 0 atom stereocenters. The average Bonchev–Trinajstić information content (AvgIpc) is 2.22. The molecular weight excluding hydrogens is 282 g/mol. The van der Waals surface area contributed by atoms with Gasteiger partial charge in [0.15, 0.2) is 0 Å². The summed E-state index contributed by atoms with van der Waals surface area (Å²) in [5.41, 5.74) is 0.744. The average molecular weight is 296 g/mol. The minimum Gasteiger partial charge on any atom is -0.506 e. The molecule has 0 spiro atoms. The third-order valence-electron chi connectivity index (χ3n) is 2.18. The number of hydrogen-bond acceptors (Lipinski definition) is 2. The Kier molecular flexibility index (Phi) is 5.44. The zero-order valence-electron chi connectivity index (χ0n) is 9.51. The van der Waals surface area contributed by atoms with E-state index in [1.165, 1.54) is 6.08 Å². The first-order valence-electron chi connectivity index (χ1n) is 5.08. The van der Waals surface area contributed by atoms with Gasteiger partial charge in [0.1, 0.15) is 22.6 Å². The highest BCUT2D eigenvalue weighted by Crippen LogP contribution is 2.36. The molecule has 0 radical (unpaired) electrons. The van der Waals surface area contributed by atoms with Crippen molar-refractivity contribution in [3.63, 3.8) is 0 Å². The molecule has 0 amide bonds. The van der Waals surface area contributed by atoms with Gasteiger partial charge in [0.2, 0.25) is 0 Å². The van der Waals surface area contributed by atoms with Crippen LogP contribution in [-0.4, -0.2) is 11.7 Å². The maximum absolute atomic E-state index is 9.76. The summed E-state index contributed by atoms with van der Waals surface area (Å²) in [4.78, 5) is 0. The van der Waals surface area contributed by atoms with Gasteiger partial charge in [0, 0.05) is 11.6 Å². The van der Waals surface area contributed by atoms with Gasteiger partial charge in [-0.25, -0.2) is 0 Å². The first-order chi connectivity index (χ1) is 7.91. The molecule has 2 nitrogen and oxygen atoms in total. The summed E-state index contributed by atoms with van der Waals surface area (Å²) in [6, 6.07) is 3.31. The maximum Gasteiger partial charge on any atom is 0.137 e. The van der Waals surface area contributed by atoms with Gasteiger partial charge >= 0.3 is 0 Å². The van der Waals surface area contributed by atoms with Gasteiger partial charge in [-0.15, -0.1) is 0 Å². The Balaban J connectivity index is 2.91. The Labute approximate surface area is 116 Å². The molecule has 1 aromatic carbocycles. The van der Waals surface area contributed by atoms with Gasteiger partial charge in [-0.05, 0) is 18.1 Å². The van der Waals surface area contributed by atoms with Crippen molar-refractivity contribution in [3.8, 4) is 11.5 Å². The quantitative estimate of drug-likeness (QED) is 0.859. The highest BCUT2D eigenvalue weighted by molar-refractivity contribution is 6.55. The minimum absolute atomic E-state index is 0.0972. The van der Waals surface area contributed by atoms with Gasteiger partial charge in [0.05, 0.1) is 5.02 Å². The van der Waals surface area contributed by atoms with Crippen molar-refractivity contribution in [2.45, 2.75) is 19.8 Å². The predicted molar refractivity (Wildman–Crippen MR) is 72.5 cm³/mol. The van der Waals surface area contributed by atoms with Gasteiger partial charge in [0.25, 0.3) is 0 Å². The number of aromatic hydroxyl groups is 1. The van der Waals surface area contributed by atoms with Crippen LogP contribution in [-0.2, 0) is 0 Å². The summed E-state index contributed by atoms with van der Waals surface area (Å²) in [6.45, 7) is 4.18. The van der Waals surface area contributed by atoms with Crippen molar-refractivity contribution < 1.29 is 9.84 Å². The molecule has 0 aromatic heterocycles. The summed E-state index contributed by atoms with van der Waals surface area (Å²) in [6.07, 6.45) is 1.53. The van der Waals surface area contributed by atoms with E-state index >= 15 is 0 Å². The van der Waals surface area contributed by atoms with Crippen LogP contribution >= 0.6 is 34.8 Å². The van der Waals surface area contributed by atoms with Crippen molar-refractivity contribution in [2.24, 2.45) is 0 Å². The molecule has 0 saturated carbocycles. The van der Waals surface area contributed by atoms with Crippen LogP contribution in [0.25, 0.3) is 0 Å². The van der Waals surface area contributed by atoms with Crippen LogP contribution in [0.5, 0.6) is 11.5 Å². The molecule has 1 rings (SSSR count). The Morgan fingerprint density at radius 3 is 2.59 bits per heavy atom. The third kappa shape index (κ3) is 4.30. The van der Waals surface area contributed by atoms with E-state index in [0.29, 0.717) is 5.75 Å². The fourth-order valence-electron chi connectivity index (χ4n) is 1.32. The van der Waals surface area contributed by atoms with Crippen molar-refractivity contribution in [1.29, 1.82) is 0 Å². The van der Waals surface area contributed by atoms with Crippen LogP contribution in [0.1, 0.15) is 25.3 Å². The molecule has 0 aliphatic rings. The lowest BCUT2D eigenvalue weighted by atomic mass is 10.0. The summed E-state index contributed by atoms with van der Waals surface area (Å²) in [5, 5.41) is 10.0. The topological polar surface area (TPSA) is 29.5 Å². The van der Waals surface area contributed by atoms with Gasteiger partial charge in [-0.3, -0.25) is 0 Å². The van der Waals surface area contributed by atoms with Crippen LogP contribution in [0.2, 0.25) is 5.02 Å². The second-order valence-corrected chi connectivity index (χ2v) is 5.22. The number of hydrogen-bond donors (Lipinski definition) is 1. The fraction of sp³-hybridized carbons (Fsp3) is 0.333. The minimum atomic E-state index is 0.0972. The lowest BCUT2D eigenvalue weighted by Gasteiger charge is -2.12. The van der Waals surface area contributed by atoms with Gasteiger partial charge in [-0.1, -0.05) is 48.7 Å². The summed E-state index contributed by atoms with van der Waals surface area (Å²) < 4.78 is 5.55. The summed E-state index contributed by atoms with van der Waals surface area (Å²) in [7, 11) is 0. The second kappa shape index (κ2) is 6.39. The van der Waals surface area contributed by atoms with Crippen molar-refractivity contribution in [3.05, 3.63) is 33.3 Å². The summed E-state index contributed by atoms with van der Waals surface area (Å²) in [5.74, 6) is 0.825. The van der Waals surface area contributed by atoms with E-state index < -0.39 is 0 Å². The highest BCUT2D eigenvalue weighted by atomic mass is 35.5. The van der Waals surface area contributed by atoms with Crippen LogP contribution in [0.3, 0.4) is 0 Å². The number of benzene rings is 1. The molecule has 1 aromatic rings. The van der Waals surface area contributed by atoms with Crippen LogP contribution in [0, 0.1) is 0 Å². The number of ether oxygens (including phenoxy) is 1. The largest absolute Gasteiger partial charge is 0.506 e. The first-order valence-corrected chi connectivity index (χ1v) is 6.21. The van der Waals surface area contributed by atoms with Crippen LogP contribution in [0.15, 0.2) is 22.7 Å². The van der Waals surface area contributed by atoms with Crippen molar-refractivity contribution in [2.75, 3.05) is 6.61 Å². The SMILES string of the molecule is CC(C)c1cc(OCC=C(Cl)Cl)cc(Cl)c1O. The van der Waals surface area contributed by atoms with Crippen LogP contribution in [0.4, 0.5) is 0 Å². The Morgan fingerprint density at radius 1 is 1.41 bits per heavy atom. The highest BCUT2D eigenvalue weighted by Gasteiger charge is 2.12. The van der Waals surface area contributed by atoms with Gasteiger partial charge < -0.3 is 9.84 Å². The molecule has 0 heterocycles. The second-order valence-electron chi connectivity index (χ2n) is 3.80. The molecule has 0 fully saturated rings. The molecule has 0 aliphatic heterocycles. The molecule has 0 bridgehead atoms. The molecule has 94 valence electrons. The number of rotatable bonds is 4. The lowest BCUT2D eigenvalue weighted by molar-refractivity contribution is 0.360. The van der Waals surface area contributed by atoms with E-state index in [1.54, 1.807) is 12.1 Å². The Hall–Kier alpha value is -0.570.